The molecule has 0 aliphatic heterocycles. The number of anilines is 1. The maximum Gasteiger partial charge on any atom is 0.324 e. The summed E-state index contributed by atoms with van der Waals surface area (Å²) < 4.78 is 1.06. The fraction of sp³-hybridized carbons (Fsp3) is 0.300. The Labute approximate surface area is 177 Å². The highest BCUT2D eigenvalue weighted by molar-refractivity contribution is 7.22. The Morgan fingerprint density at radius 2 is 2.00 bits per heavy atom. The molecule has 0 aliphatic carbocycles. The van der Waals surface area contributed by atoms with Gasteiger partial charge in [0.25, 0.3) is 5.91 Å². The average Bonchev–Trinajstić information content (AvgIpc) is 3.32. The van der Waals surface area contributed by atoms with Gasteiger partial charge in [-0.1, -0.05) is 35.7 Å². The lowest BCUT2D eigenvalue weighted by atomic mass is 10.2. The van der Waals surface area contributed by atoms with Gasteiger partial charge in [0.1, 0.15) is 0 Å². The van der Waals surface area contributed by atoms with Crippen molar-refractivity contribution in [3.8, 4) is 0 Å². The number of amides is 1. The summed E-state index contributed by atoms with van der Waals surface area (Å²) in [5.41, 5.74) is 2.11. The van der Waals surface area contributed by atoms with Gasteiger partial charge in [-0.3, -0.25) is 19.8 Å². The number of aromatic nitrogens is 1. The number of thiazole rings is 1. The molecule has 152 valence electrons. The number of thiophene rings is 1. The zero-order valence-electron chi connectivity index (χ0n) is 16.5. The van der Waals surface area contributed by atoms with E-state index in [4.69, 9.17) is 0 Å². The van der Waals surface area contributed by atoms with Crippen molar-refractivity contribution in [3.05, 3.63) is 57.0 Å². The molecule has 1 amide bonds. The first-order valence-corrected chi connectivity index (χ1v) is 10.8. The molecule has 0 fully saturated rings. The second-order valence-electron chi connectivity index (χ2n) is 6.71. The monoisotopic (exact) mass is 430 g/mol. The topological polar surface area (TPSA) is 79.6 Å². The van der Waals surface area contributed by atoms with Crippen molar-refractivity contribution in [2.75, 3.05) is 32.1 Å². The van der Waals surface area contributed by atoms with Crippen LogP contribution in [-0.4, -0.2) is 47.9 Å². The van der Waals surface area contributed by atoms with Crippen LogP contribution in [0.1, 0.15) is 17.4 Å². The number of aryl methyl sites for hydroxylation is 1. The first-order chi connectivity index (χ1) is 13.9. The van der Waals surface area contributed by atoms with Crippen LogP contribution in [0.3, 0.4) is 0 Å². The zero-order valence-corrected chi connectivity index (χ0v) is 18.1. The number of benzene rings is 1. The maximum atomic E-state index is 12.9. The molecular formula is C20H22N4O3S2. The highest BCUT2D eigenvalue weighted by Gasteiger charge is 2.18. The fourth-order valence-electron chi connectivity index (χ4n) is 2.67. The van der Waals surface area contributed by atoms with Gasteiger partial charge < -0.3 is 4.90 Å². The molecule has 0 N–H and O–H groups in total. The summed E-state index contributed by atoms with van der Waals surface area (Å²) in [5, 5.41) is 11.5. The van der Waals surface area contributed by atoms with E-state index in [9.17, 15) is 14.9 Å². The standard InChI is InChI=1S/C20H22N4O3S2/c1-4-14-5-8-16-17(13-14)29-20(21-16)23(12-11-22(2)3)18(25)9-6-15-7-10-19(28-15)24(26)27/h5-10,13H,4,11-12H2,1-3H3. The number of carbonyl (C=O) groups excluding carboxylic acids is 1. The average molecular weight is 431 g/mol. The van der Waals surface area contributed by atoms with Crippen LogP contribution < -0.4 is 4.90 Å². The third kappa shape index (κ3) is 5.26. The molecule has 3 aromatic rings. The Balaban J connectivity index is 1.86. The molecule has 1 aromatic carbocycles. The summed E-state index contributed by atoms with van der Waals surface area (Å²) in [6.45, 7) is 3.30. The van der Waals surface area contributed by atoms with Crippen molar-refractivity contribution in [1.29, 1.82) is 0 Å². The van der Waals surface area contributed by atoms with Gasteiger partial charge in [-0.05, 0) is 50.4 Å². The molecule has 3 rings (SSSR count). The Morgan fingerprint density at radius 3 is 2.66 bits per heavy atom. The van der Waals surface area contributed by atoms with Crippen LogP contribution in [0, 0.1) is 10.1 Å². The summed E-state index contributed by atoms with van der Waals surface area (Å²) in [6.07, 6.45) is 4.02. The minimum atomic E-state index is -0.432. The summed E-state index contributed by atoms with van der Waals surface area (Å²) in [5.74, 6) is -0.197. The number of likely N-dealkylation sites (N-methyl/N-ethyl adjacent to an activating group) is 1. The highest BCUT2D eigenvalue weighted by Crippen LogP contribution is 2.30. The Bertz CT molecular complexity index is 1060. The predicted octanol–water partition coefficient (Wildman–Crippen LogP) is 4.44. The van der Waals surface area contributed by atoms with E-state index in [0.717, 1.165) is 28.0 Å². The minimum absolute atomic E-state index is 0.0551. The van der Waals surface area contributed by atoms with Crippen LogP contribution in [0.4, 0.5) is 10.1 Å². The molecule has 0 saturated carbocycles. The maximum absolute atomic E-state index is 12.9. The summed E-state index contributed by atoms with van der Waals surface area (Å²) in [4.78, 5) is 32.3. The fourth-order valence-corrected chi connectivity index (χ4v) is 4.45. The zero-order chi connectivity index (χ0) is 21.0. The smallest absolute Gasteiger partial charge is 0.308 e. The summed E-state index contributed by atoms with van der Waals surface area (Å²) in [6, 6.07) is 9.24. The van der Waals surface area contributed by atoms with Crippen molar-refractivity contribution in [2.24, 2.45) is 0 Å². The van der Waals surface area contributed by atoms with E-state index in [2.05, 4.69) is 24.0 Å². The normalized spacial score (nSPS) is 11.6. The molecule has 2 heterocycles. The van der Waals surface area contributed by atoms with Crippen molar-refractivity contribution in [2.45, 2.75) is 13.3 Å². The van der Waals surface area contributed by atoms with Gasteiger partial charge in [-0.15, -0.1) is 0 Å². The van der Waals surface area contributed by atoms with Crippen molar-refractivity contribution in [3.63, 3.8) is 0 Å². The molecule has 0 aliphatic rings. The Hall–Kier alpha value is -2.62. The molecule has 0 saturated heterocycles. The van der Waals surface area contributed by atoms with Crippen molar-refractivity contribution in [1.82, 2.24) is 9.88 Å². The molecular weight excluding hydrogens is 408 g/mol. The van der Waals surface area contributed by atoms with Crippen LogP contribution in [0.2, 0.25) is 0 Å². The number of nitrogens with zero attached hydrogens (tertiary/aromatic N) is 4. The number of rotatable bonds is 8. The van der Waals surface area contributed by atoms with Gasteiger partial charge in [0.2, 0.25) is 0 Å². The lowest BCUT2D eigenvalue weighted by Gasteiger charge is -2.20. The van der Waals surface area contributed by atoms with E-state index in [1.54, 1.807) is 17.0 Å². The summed E-state index contributed by atoms with van der Waals surface area (Å²) in [7, 11) is 3.91. The highest BCUT2D eigenvalue weighted by atomic mass is 32.1. The van der Waals surface area contributed by atoms with Crippen LogP contribution in [-0.2, 0) is 11.2 Å². The van der Waals surface area contributed by atoms with Gasteiger partial charge in [0, 0.05) is 30.1 Å². The van der Waals surface area contributed by atoms with Gasteiger partial charge in [-0.2, -0.15) is 0 Å². The third-order valence-corrected chi connectivity index (χ3v) is 6.34. The lowest BCUT2D eigenvalue weighted by molar-refractivity contribution is -0.380. The van der Waals surface area contributed by atoms with E-state index < -0.39 is 4.92 Å². The number of carbonyl (C=O) groups is 1. The first-order valence-electron chi connectivity index (χ1n) is 9.15. The molecule has 0 bridgehead atoms. The van der Waals surface area contributed by atoms with Gasteiger partial charge >= 0.3 is 5.00 Å². The molecule has 2 aromatic heterocycles. The quantitative estimate of drug-likeness (QED) is 0.300. The molecule has 0 atom stereocenters. The number of nitro groups is 1. The van der Waals surface area contributed by atoms with Gasteiger partial charge in [0.15, 0.2) is 5.13 Å². The van der Waals surface area contributed by atoms with Crippen LogP contribution >= 0.6 is 22.7 Å². The Kier molecular flexibility index (Phi) is 6.73. The molecule has 0 radical (unpaired) electrons. The molecule has 9 heteroatoms. The molecule has 0 spiro atoms. The van der Waals surface area contributed by atoms with Gasteiger partial charge in [0.05, 0.1) is 15.1 Å². The van der Waals surface area contributed by atoms with E-state index >= 15 is 0 Å². The predicted molar refractivity (Wildman–Crippen MR) is 120 cm³/mol. The third-order valence-electron chi connectivity index (χ3n) is 4.30. The number of fused-ring (bicyclic) bond motifs is 1. The van der Waals surface area contributed by atoms with Crippen molar-refractivity contribution >= 4 is 55.0 Å². The minimum Gasteiger partial charge on any atom is -0.308 e. The molecule has 29 heavy (non-hydrogen) atoms. The van der Waals surface area contributed by atoms with E-state index in [1.165, 1.54) is 29.0 Å². The largest absolute Gasteiger partial charge is 0.324 e. The second kappa shape index (κ2) is 9.25. The SMILES string of the molecule is CCc1ccc2nc(N(CCN(C)C)C(=O)C=Cc3ccc([N+](=O)[O-])s3)sc2c1. The second-order valence-corrected chi connectivity index (χ2v) is 8.81. The molecule has 0 unspecified atom stereocenters. The van der Waals surface area contributed by atoms with Crippen LogP contribution in [0.15, 0.2) is 36.4 Å². The van der Waals surface area contributed by atoms with E-state index in [1.807, 2.05) is 25.1 Å². The molecule has 7 nitrogen and oxygen atoms in total. The first kappa shape index (κ1) is 21.1. The number of hydrogen-bond donors (Lipinski definition) is 0. The van der Waals surface area contributed by atoms with Gasteiger partial charge in [-0.25, -0.2) is 4.98 Å². The van der Waals surface area contributed by atoms with E-state index in [-0.39, 0.29) is 10.9 Å². The lowest BCUT2D eigenvalue weighted by Crippen LogP contribution is -2.35. The number of hydrogen-bond acceptors (Lipinski definition) is 7. The van der Waals surface area contributed by atoms with Crippen molar-refractivity contribution < 1.29 is 9.72 Å². The Morgan fingerprint density at radius 1 is 1.21 bits per heavy atom. The summed E-state index contributed by atoms with van der Waals surface area (Å²) >= 11 is 2.54. The van der Waals surface area contributed by atoms with Crippen LogP contribution in [0.25, 0.3) is 16.3 Å². The van der Waals surface area contributed by atoms with Crippen LogP contribution in [0.5, 0.6) is 0 Å². The van der Waals surface area contributed by atoms with E-state index in [0.29, 0.717) is 23.1 Å².